The number of benzene rings is 7. The highest BCUT2D eigenvalue weighted by atomic mass is 14.7. The molecule has 0 unspecified atom stereocenters. The van der Waals surface area contributed by atoms with Crippen molar-refractivity contribution in [1.82, 2.24) is 9.97 Å². The van der Waals surface area contributed by atoms with Gasteiger partial charge in [-0.25, -0.2) is 4.98 Å². The van der Waals surface area contributed by atoms with Gasteiger partial charge in [-0.05, 0) is 103 Å². The summed E-state index contributed by atoms with van der Waals surface area (Å²) in [5.74, 6) is 0. The fourth-order valence-electron chi connectivity index (χ4n) is 8.23. The van der Waals surface area contributed by atoms with Crippen molar-refractivity contribution >= 4 is 32.6 Å². The van der Waals surface area contributed by atoms with Crippen molar-refractivity contribution < 1.29 is 0 Å². The minimum Gasteiger partial charge on any atom is -0.265 e. The van der Waals surface area contributed by atoms with Gasteiger partial charge in [-0.2, -0.15) is 0 Å². The van der Waals surface area contributed by atoms with E-state index in [2.05, 4.69) is 175 Å². The maximum absolute atomic E-state index is 5.16. The first-order valence-electron chi connectivity index (χ1n) is 16.8. The van der Waals surface area contributed by atoms with E-state index in [0.717, 1.165) is 27.4 Å². The van der Waals surface area contributed by atoms with E-state index in [9.17, 15) is 0 Å². The van der Waals surface area contributed by atoms with E-state index in [4.69, 9.17) is 4.98 Å². The van der Waals surface area contributed by atoms with Crippen LogP contribution < -0.4 is 0 Å². The molecule has 49 heavy (non-hydrogen) atoms. The van der Waals surface area contributed by atoms with Crippen molar-refractivity contribution in [2.75, 3.05) is 0 Å². The van der Waals surface area contributed by atoms with Crippen molar-refractivity contribution in [3.63, 3.8) is 0 Å². The number of para-hydroxylation sites is 1. The molecule has 0 spiro atoms. The zero-order valence-corrected chi connectivity index (χ0v) is 26.7. The summed E-state index contributed by atoms with van der Waals surface area (Å²) < 4.78 is 0. The Kier molecular flexibility index (Phi) is 6.13. The van der Waals surface area contributed by atoms with Crippen molar-refractivity contribution in [2.45, 2.75) is 5.41 Å². The molecule has 2 nitrogen and oxygen atoms in total. The Bertz CT molecular complexity index is 2660. The number of hydrogen-bond acceptors (Lipinski definition) is 2. The second-order valence-electron chi connectivity index (χ2n) is 13.0. The number of aromatic nitrogens is 2. The van der Waals surface area contributed by atoms with Gasteiger partial charge in [-0.3, -0.25) is 4.98 Å². The van der Waals surface area contributed by atoms with E-state index in [1.165, 1.54) is 60.8 Å². The summed E-state index contributed by atoms with van der Waals surface area (Å²) in [7, 11) is 0. The highest BCUT2D eigenvalue weighted by molar-refractivity contribution is 6.14. The second kappa shape index (κ2) is 10.8. The summed E-state index contributed by atoms with van der Waals surface area (Å²) in [6.07, 6.45) is 3.74. The van der Waals surface area contributed by atoms with Gasteiger partial charge in [0.1, 0.15) is 0 Å². The van der Waals surface area contributed by atoms with Gasteiger partial charge in [0, 0.05) is 28.6 Å². The highest BCUT2D eigenvalue weighted by Gasteiger charge is 2.46. The third-order valence-corrected chi connectivity index (χ3v) is 10.4. The normalized spacial score (nSPS) is 13.1. The van der Waals surface area contributed by atoms with Crippen LogP contribution in [-0.4, -0.2) is 9.97 Å². The van der Waals surface area contributed by atoms with Gasteiger partial charge in [0.05, 0.1) is 16.4 Å². The summed E-state index contributed by atoms with van der Waals surface area (Å²) in [6, 6.07) is 62.1. The van der Waals surface area contributed by atoms with Crippen molar-refractivity contribution in [2.24, 2.45) is 0 Å². The molecular weight excluding hydrogens is 593 g/mol. The third kappa shape index (κ3) is 4.14. The van der Waals surface area contributed by atoms with Gasteiger partial charge in [0.15, 0.2) is 0 Å². The third-order valence-electron chi connectivity index (χ3n) is 10.4. The van der Waals surface area contributed by atoms with Crippen LogP contribution in [0.25, 0.3) is 66.0 Å². The molecule has 0 fully saturated rings. The maximum Gasteiger partial charge on any atom is 0.0788 e. The molecular formula is C47H30N2. The molecule has 228 valence electrons. The van der Waals surface area contributed by atoms with Gasteiger partial charge >= 0.3 is 0 Å². The molecule has 7 aromatic carbocycles. The molecule has 9 aromatic rings. The number of nitrogens with zero attached hydrogens (tertiary/aromatic N) is 2. The lowest BCUT2D eigenvalue weighted by molar-refractivity contribution is 0.769. The molecule has 0 N–H and O–H groups in total. The summed E-state index contributed by atoms with van der Waals surface area (Å²) >= 11 is 0. The predicted molar refractivity (Wildman–Crippen MR) is 203 cm³/mol. The van der Waals surface area contributed by atoms with Crippen molar-refractivity contribution in [3.8, 4) is 33.4 Å². The molecule has 0 radical (unpaired) electrons. The van der Waals surface area contributed by atoms with Crippen molar-refractivity contribution in [1.29, 1.82) is 0 Å². The number of rotatable bonds is 4. The smallest absolute Gasteiger partial charge is 0.0788 e. The fraction of sp³-hybridized carbons (Fsp3) is 0.0213. The lowest BCUT2D eigenvalue weighted by Crippen LogP contribution is -2.28. The van der Waals surface area contributed by atoms with Crippen LogP contribution in [0.1, 0.15) is 22.3 Å². The molecule has 0 amide bonds. The highest BCUT2D eigenvalue weighted by Crippen LogP contribution is 2.57. The lowest BCUT2D eigenvalue weighted by atomic mass is 9.67. The Morgan fingerprint density at radius 1 is 0.388 bits per heavy atom. The molecule has 0 bridgehead atoms. The minimum atomic E-state index is -0.517. The molecule has 0 atom stereocenters. The van der Waals surface area contributed by atoms with Crippen LogP contribution in [0.3, 0.4) is 0 Å². The molecule has 0 saturated carbocycles. The van der Waals surface area contributed by atoms with Gasteiger partial charge in [-0.15, -0.1) is 0 Å². The van der Waals surface area contributed by atoms with E-state index in [-0.39, 0.29) is 0 Å². The average molecular weight is 623 g/mol. The Morgan fingerprint density at radius 2 is 0.980 bits per heavy atom. The molecule has 2 heteroatoms. The zero-order chi connectivity index (χ0) is 32.4. The first-order chi connectivity index (χ1) is 24.3. The first kappa shape index (κ1) is 27.7. The van der Waals surface area contributed by atoms with Crippen LogP contribution in [0.4, 0.5) is 0 Å². The van der Waals surface area contributed by atoms with E-state index in [1.54, 1.807) is 0 Å². The maximum atomic E-state index is 5.16. The molecule has 0 aliphatic heterocycles. The summed E-state index contributed by atoms with van der Waals surface area (Å²) in [4.78, 5) is 9.45. The molecule has 0 saturated heterocycles. The van der Waals surface area contributed by atoms with E-state index < -0.39 is 5.41 Å². The molecule has 10 rings (SSSR count). The number of fused-ring (bicyclic) bond motifs is 7. The molecule has 1 aliphatic rings. The summed E-state index contributed by atoms with van der Waals surface area (Å²) in [6.45, 7) is 0. The lowest BCUT2D eigenvalue weighted by Gasteiger charge is -2.34. The summed E-state index contributed by atoms with van der Waals surface area (Å²) in [5, 5.41) is 4.68. The summed E-state index contributed by atoms with van der Waals surface area (Å²) in [5.41, 5.74) is 13.9. The van der Waals surface area contributed by atoms with E-state index in [0.29, 0.717) is 0 Å². The SMILES string of the molecule is c1ccc(C2(c3ccccc3)c3cc(-c4ccncc4)ccc3-c3ccc(-c4cc5cc6ccccc6nc5c5ccccc45)cc32)cc1. The number of hydrogen-bond donors (Lipinski definition) is 0. The largest absolute Gasteiger partial charge is 0.265 e. The zero-order valence-electron chi connectivity index (χ0n) is 26.7. The Morgan fingerprint density at radius 3 is 1.69 bits per heavy atom. The fourth-order valence-corrected chi connectivity index (χ4v) is 8.23. The Hall–Kier alpha value is -6.38. The van der Waals surface area contributed by atoms with Gasteiger partial charge in [-0.1, -0.05) is 127 Å². The monoisotopic (exact) mass is 622 g/mol. The minimum absolute atomic E-state index is 0.517. The predicted octanol–water partition coefficient (Wildman–Crippen LogP) is 11.6. The number of pyridine rings is 2. The Labute approximate surface area is 285 Å². The van der Waals surface area contributed by atoms with Gasteiger partial charge in [0.2, 0.25) is 0 Å². The van der Waals surface area contributed by atoms with E-state index >= 15 is 0 Å². The van der Waals surface area contributed by atoms with E-state index in [1.807, 2.05) is 12.4 Å². The average Bonchev–Trinajstić information content (AvgIpc) is 3.47. The second-order valence-corrected chi connectivity index (χ2v) is 13.0. The molecule has 2 aromatic heterocycles. The Balaban J connectivity index is 1.29. The van der Waals surface area contributed by atoms with Crippen LogP contribution in [0.15, 0.2) is 182 Å². The quantitative estimate of drug-likeness (QED) is 0.144. The standard InChI is InChI=1S/C47H30N2/c1-3-12-36(13-4-1)47(37-14-5-2-6-15-37)43-29-32(31-23-25-48-26-24-31)19-21-39(43)40-22-20-33(30-44(40)47)42-28-35-27-34-11-7-10-18-45(34)49-46(35)41-17-9-8-16-38(41)42/h1-30H. The van der Waals surface area contributed by atoms with Crippen LogP contribution in [-0.2, 0) is 5.41 Å². The molecule has 1 aliphatic carbocycles. The van der Waals surface area contributed by atoms with Crippen molar-refractivity contribution in [3.05, 3.63) is 205 Å². The van der Waals surface area contributed by atoms with Crippen LogP contribution in [0.2, 0.25) is 0 Å². The van der Waals surface area contributed by atoms with Crippen LogP contribution >= 0.6 is 0 Å². The van der Waals surface area contributed by atoms with Crippen LogP contribution in [0, 0.1) is 0 Å². The topological polar surface area (TPSA) is 25.8 Å². The molecule has 2 heterocycles. The van der Waals surface area contributed by atoms with Crippen LogP contribution in [0.5, 0.6) is 0 Å². The van der Waals surface area contributed by atoms with Gasteiger partial charge in [0.25, 0.3) is 0 Å². The first-order valence-corrected chi connectivity index (χ1v) is 16.8. The van der Waals surface area contributed by atoms with Gasteiger partial charge < -0.3 is 0 Å².